The van der Waals surface area contributed by atoms with Gasteiger partial charge >= 0.3 is 0 Å². The first-order chi connectivity index (χ1) is 7.85. The summed E-state index contributed by atoms with van der Waals surface area (Å²) < 4.78 is 5.55. The molecule has 1 aromatic carbocycles. The van der Waals surface area contributed by atoms with Crippen molar-refractivity contribution in [2.24, 2.45) is 10.8 Å². The topological polar surface area (TPSA) is 59.6 Å². The zero-order chi connectivity index (χ0) is 11.4. The van der Waals surface area contributed by atoms with Crippen molar-refractivity contribution < 1.29 is 4.74 Å². The lowest BCUT2D eigenvalue weighted by molar-refractivity contribution is 0.339. The van der Waals surface area contributed by atoms with Gasteiger partial charge in [-0.15, -0.1) is 0 Å². The summed E-state index contributed by atoms with van der Waals surface area (Å²) in [4.78, 5) is 4.52. The SMILES string of the molecule is CCOc1ccccc1C(=NC1CC1)NN. The van der Waals surface area contributed by atoms with Gasteiger partial charge in [0.1, 0.15) is 11.6 Å². The van der Waals surface area contributed by atoms with E-state index >= 15 is 0 Å². The zero-order valence-corrected chi connectivity index (χ0v) is 9.44. The molecule has 0 heterocycles. The fourth-order valence-corrected chi connectivity index (χ4v) is 1.51. The van der Waals surface area contributed by atoms with E-state index in [1.807, 2.05) is 31.2 Å². The summed E-state index contributed by atoms with van der Waals surface area (Å²) >= 11 is 0. The number of rotatable bonds is 4. The molecule has 1 aromatic rings. The third-order valence-corrected chi connectivity index (χ3v) is 2.44. The lowest BCUT2D eigenvalue weighted by Gasteiger charge is -2.11. The summed E-state index contributed by atoms with van der Waals surface area (Å²) in [7, 11) is 0. The molecule has 2 rings (SSSR count). The molecule has 0 atom stereocenters. The van der Waals surface area contributed by atoms with E-state index in [4.69, 9.17) is 10.6 Å². The fraction of sp³-hybridized carbons (Fsp3) is 0.417. The van der Waals surface area contributed by atoms with E-state index in [0.29, 0.717) is 18.5 Å². The lowest BCUT2D eigenvalue weighted by Crippen LogP contribution is -2.31. The van der Waals surface area contributed by atoms with Crippen LogP contribution in [0.4, 0.5) is 0 Å². The van der Waals surface area contributed by atoms with Crippen LogP contribution in [0.1, 0.15) is 25.3 Å². The van der Waals surface area contributed by atoms with Crippen LogP contribution in [0.5, 0.6) is 5.75 Å². The average molecular weight is 219 g/mol. The molecule has 0 bridgehead atoms. The van der Waals surface area contributed by atoms with Gasteiger partial charge in [0.2, 0.25) is 0 Å². The summed E-state index contributed by atoms with van der Waals surface area (Å²) in [6.07, 6.45) is 2.31. The summed E-state index contributed by atoms with van der Waals surface area (Å²) in [5.74, 6) is 7.05. The van der Waals surface area contributed by atoms with E-state index in [9.17, 15) is 0 Å². The first-order valence-corrected chi connectivity index (χ1v) is 5.61. The standard InChI is InChI=1S/C12H17N3O/c1-2-16-11-6-4-3-5-10(11)12(15-13)14-9-7-8-9/h3-6,9H,2,7-8,13H2,1H3,(H,14,15). The van der Waals surface area contributed by atoms with Crippen molar-refractivity contribution in [3.05, 3.63) is 29.8 Å². The van der Waals surface area contributed by atoms with Gasteiger partial charge in [0, 0.05) is 0 Å². The number of ether oxygens (including phenoxy) is 1. The quantitative estimate of drug-likeness (QED) is 0.349. The van der Waals surface area contributed by atoms with Crippen molar-refractivity contribution in [1.29, 1.82) is 0 Å². The third-order valence-electron chi connectivity index (χ3n) is 2.44. The molecule has 16 heavy (non-hydrogen) atoms. The van der Waals surface area contributed by atoms with Crippen LogP contribution in [0, 0.1) is 0 Å². The number of nitrogens with two attached hydrogens (primary N) is 1. The van der Waals surface area contributed by atoms with Gasteiger partial charge in [-0.1, -0.05) is 12.1 Å². The predicted octanol–water partition coefficient (Wildman–Crippen LogP) is 1.46. The number of benzene rings is 1. The Morgan fingerprint density at radius 2 is 2.25 bits per heavy atom. The second-order valence-corrected chi connectivity index (χ2v) is 3.78. The van der Waals surface area contributed by atoms with Crippen molar-refractivity contribution in [1.82, 2.24) is 5.43 Å². The van der Waals surface area contributed by atoms with Crippen LogP contribution in [-0.4, -0.2) is 18.5 Å². The van der Waals surface area contributed by atoms with Crippen LogP contribution in [0.15, 0.2) is 29.3 Å². The molecule has 1 saturated carbocycles. The number of nitrogens with zero attached hydrogens (tertiary/aromatic N) is 1. The molecule has 0 amide bonds. The van der Waals surface area contributed by atoms with Crippen molar-refractivity contribution in [2.45, 2.75) is 25.8 Å². The Morgan fingerprint density at radius 1 is 1.50 bits per heavy atom. The lowest BCUT2D eigenvalue weighted by atomic mass is 10.2. The Morgan fingerprint density at radius 3 is 2.88 bits per heavy atom. The number of para-hydroxylation sites is 1. The minimum Gasteiger partial charge on any atom is -0.493 e. The first kappa shape index (κ1) is 11.0. The molecule has 0 radical (unpaired) electrons. The second-order valence-electron chi connectivity index (χ2n) is 3.78. The summed E-state index contributed by atoms with van der Waals surface area (Å²) in [6, 6.07) is 8.22. The second kappa shape index (κ2) is 4.99. The maximum atomic E-state index is 5.55. The maximum Gasteiger partial charge on any atom is 0.146 e. The number of nitrogens with one attached hydrogen (secondary N) is 1. The Bertz CT molecular complexity index is 386. The highest BCUT2D eigenvalue weighted by atomic mass is 16.5. The van der Waals surface area contributed by atoms with Gasteiger partial charge in [-0.3, -0.25) is 4.99 Å². The largest absolute Gasteiger partial charge is 0.493 e. The van der Waals surface area contributed by atoms with Crippen LogP contribution in [-0.2, 0) is 0 Å². The Hall–Kier alpha value is -1.55. The van der Waals surface area contributed by atoms with Gasteiger partial charge < -0.3 is 10.2 Å². The Balaban J connectivity index is 2.28. The van der Waals surface area contributed by atoms with Gasteiger partial charge in [0.15, 0.2) is 0 Å². The molecule has 4 heteroatoms. The first-order valence-electron chi connectivity index (χ1n) is 5.61. The van der Waals surface area contributed by atoms with Crippen molar-refractivity contribution >= 4 is 5.84 Å². The average Bonchev–Trinajstić information content (AvgIpc) is 3.11. The van der Waals surface area contributed by atoms with Gasteiger partial charge in [-0.25, -0.2) is 5.84 Å². The minimum absolute atomic E-state index is 0.431. The van der Waals surface area contributed by atoms with Gasteiger partial charge in [0.25, 0.3) is 0 Å². The molecular formula is C12H17N3O. The van der Waals surface area contributed by atoms with Crippen LogP contribution in [0.3, 0.4) is 0 Å². The van der Waals surface area contributed by atoms with Crippen molar-refractivity contribution in [3.8, 4) is 5.75 Å². The van der Waals surface area contributed by atoms with Crippen LogP contribution in [0.25, 0.3) is 0 Å². The van der Waals surface area contributed by atoms with Crippen LogP contribution in [0.2, 0.25) is 0 Å². The molecule has 1 aliphatic carbocycles. The van der Waals surface area contributed by atoms with E-state index in [2.05, 4.69) is 10.4 Å². The van der Waals surface area contributed by atoms with Crippen LogP contribution >= 0.6 is 0 Å². The molecule has 0 unspecified atom stereocenters. The van der Waals surface area contributed by atoms with E-state index in [1.165, 1.54) is 0 Å². The summed E-state index contributed by atoms with van der Waals surface area (Å²) in [5.41, 5.74) is 3.59. The highest BCUT2D eigenvalue weighted by Crippen LogP contribution is 2.25. The van der Waals surface area contributed by atoms with Gasteiger partial charge in [0.05, 0.1) is 18.2 Å². The van der Waals surface area contributed by atoms with E-state index < -0.39 is 0 Å². The molecule has 0 saturated heterocycles. The predicted molar refractivity (Wildman–Crippen MR) is 64.5 cm³/mol. The van der Waals surface area contributed by atoms with Crippen molar-refractivity contribution in [3.63, 3.8) is 0 Å². The van der Waals surface area contributed by atoms with E-state index in [-0.39, 0.29) is 0 Å². The van der Waals surface area contributed by atoms with E-state index in [1.54, 1.807) is 0 Å². The third kappa shape index (κ3) is 2.52. The van der Waals surface area contributed by atoms with E-state index in [0.717, 1.165) is 24.2 Å². The zero-order valence-electron chi connectivity index (χ0n) is 9.44. The highest BCUT2D eigenvalue weighted by Gasteiger charge is 2.22. The number of hydrogen-bond donors (Lipinski definition) is 2. The molecular weight excluding hydrogens is 202 g/mol. The molecule has 3 N–H and O–H groups in total. The number of hydrazine groups is 1. The number of amidine groups is 1. The molecule has 0 spiro atoms. The molecule has 4 nitrogen and oxygen atoms in total. The normalized spacial score (nSPS) is 16.0. The fourth-order valence-electron chi connectivity index (χ4n) is 1.51. The molecule has 1 fully saturated rings. The Labute approximate surface area is 95.5 Å². The highest BCUT2D eigenvalue weighted by molar-refractivity contribution is 6.01. The van der Waals surface area contributed by atoms with Gasteiger partial charge in [-0.05, 0) is 31.9 Å². The summed E-state index contributed by atoms with van der Waals surface area (Å²) in [5, 5.41) is 0. The molecule has 1 aliphatic rings. The van der Waals surface area contributed by atoms with Crippen LogP contribution < -0.4 is 16.0 Å². The van der Waals surface area contributed by atoms with Gasteiger partial charge in [-0.2, -0.15) is 0 Å². The molecule has 86 valence electrons. The summed E-state index contributed by atoms with van der Waals surface area (Å²) in [6.45, 7) is 2.60. The Kier molecular flexibility index (Phi) is 3.41. The smallest absolute Gasteiger partial charge is 0.146 e. The number of hydrogen-bond acceptors (Lipinski definition) is 3. The number of aliphatic imine (C=N–C) groups is 1. The monoisotopic (exact) mass is 219 g/mol. The molecule has 0 aliphatic heterocycles. The molecule has 0 aromatic heterocycles. The maximum absolute atomic E-state index is 5.55. The van der Waals surface area contributed by atoms with Crippen molar-refractivity contribution in [2.75, 3.05) is 6.61 Å². The minimum atomic E-state index is 0.431.